The van der Waals surface area contributed by atoms with Crippen molar-refractivity contribution in [3.8, 4) is 11.4 Å². The van der Waals surface area contributed by atoms with Gasteiger partial charge in [0.05, 0.1) is 11.4 Å². The molecule has 2 aromatic heterocycles. The molecule has 19 heavy (non-hydrogen) atoms. The summed E-state index contributed by atoms with van der Waals surface area (Å²) >= 11 is 0. The molecule has 0 unspecified atom stereocenters. The summed E-state index contributed by atoms with van der Waals surface area (Å²) in [7, 11) is 3.12. The van der Waals surface area contributed by atoms with Crippen molar-refractivity contribution in [1.29, 1.82) is 0 Å². The van der Waals surface area contributed by atoms with Crippen LogP contribution in [0.1, 0.15) is 11.1 Å². The molecule has 2 rings (SSSR count). The average Bonchev–Trinajstić information content (AvgIpc) is 2.33. The Kier molecular flexibility index (Phi) is 2.97. The van der Waals surface area contributed by atoms with Crippen LogP contribution in [-0.4, -0.2) is 19.1 Å². The third kappa shape index (κ3) is 2.03. The van der Waals surface area contributed by atoms with E-state index in [-0.39, 0.29) is 0 Å². The summed E-state index contributed by atoms with van der Waals surface area (Å²) in [5.74, 6) is 0. The topological polar surface area (TPSA) is 89.8 Å². The van der Waals surface area contributed by atoms with Gasteiger partial charge in [-0.1, -0.05) is 0 Å². The van der Waals surface area contributed by atoms with Crippen molar-refractivity contribution in [3.05, 3.63) is 48.6 Å². The van der Waals surface area contributed by atoms with Crippen LogP contribution in [0, 0.1) is 13.8 Å². The Bertz CT molecular complexity index is 792. The third-order valence-corrected chi connectivity index (χ3v) is 3.05. The van der Waals surface area contributed by atoms with Crippen LogP contribution in [-0.2, 0) is 14.1 Å². The van der Waals surface area contributed by atoms with Gasteiger partial charge in [-0.25, -0.2) is 9.59 Å². The van der Waals surface area contributed by atoms with Crippen molar-refractivity contribution in [1.82, 2.24) is 19.1 Å². The van der Waals surface area contributed by atoms with E-state index in [4.69, 9.17) is 0 Å². The number of nitrogens with zero attached hydrogens (tertiary/aromatic N) is 3. The number of hydrogen-bond acceptors (Lipinski definition) is 4. The summed E-state index contributed by atoms with van der Waals surface area (Å²) in [4.78, 5) is 41.1. The summed E-state index contributed by atoms with van der Waals surface area (Å²) in [5.41, 5.74) is 0.340. The van der Waals surface area contributed by atoms with Crippen molar-refractivity contribution in [2.24, 2.45) is 14.1 Å². The van der Waals surface area contributed by atoms with E-state index in [1.54, 1.807) is 27.1 Å². The van der Waals surface area contributed by atoms with Crippen molar-refractivity contribution in [3.63, 3.8) is 0 Å². The number of aromatic amines is 1. The predicted octanol–water partition coefficient (Wildman–Crippen LogP) is -0.549. The van der Waals surface area contributed by atoms with Gasteiger partial charge in [0.25, 0.3) is 5.56 Å². The fourth-order valence-electron chi connectivity index (χ4n) is 1.98. The van der Waals surface area contributed by atoms with E-state index in [2.05, 4.69) is 9.97 Å². The first-order valence-corrected chi connectivity index (χ1v) is 5.67. The van der Waals surface area contributed by atoms with Crippen molar-refractivity contribution in [2.75, 3.05) is 0 Å². The van der Waals surface area contributed by atoms with Crippen LogP contribution in [0.2, 0.25) is 0 Å². The van der Waals surface area contributed by atoms with Gasteiger partial charge >= 0.3 is 11.4 Å². The lowest BCUT2D eigenvalue weighted by Crippen LogP contribution is -2.32. The second kappa shape index (κ2) is 4.34. The molecule has 2 heterocycles. The molecule has 1 N–H and O–H groups in total. The molecule has 0 aliphatic carbocycles. The van der Waals surface area contributed by atoms with Gasteiger partial charge in [-0.3, -0.25) is 14.3 Å². The zero-order valence-electron chi connectivity index (χ0n) is 11.1. The highest BCUT2D eigenvalue weighted by atomic mass is 16.2. The van der Waals surface area contributed by atoms with E-state index in [0.717, 1.165) is 0 Å². The second-order valence-corrected chi connectivity index (χ2v) is 4.46. The third-order valence-electron chi connectivity index (χ3n) is 3.05. The first-order valence-electron chi connectivity index (χ1n) is 5.67. The Hall–Kier alpha value is -2.44. The zero-order chi connectivity index (χ0) is 14.3. The van der Waals surface area contributed by atoms with E-state index in [9.17, 15) is 14.4 Å². The quantitative estimate of drug-likeness (QED) is 0.746. The molecular formula is C12H14N4O3. The minimum atomic E-state index is -0.535. The molecule has 2 aromatic rings. The monoisotopic (exact) mass is 262 g/mol. The van der Waals surface area contributed by atoms with Gasteiger partial charge in [0.15, 0.2) is 0 Å². The second-order valence-electron chi connectivity index (χ2n) is 4.46. The SMILES string of the molecule is Cc1cn(C)c(=O)nc1-c1c(C)c(=O)[nH]c(=O)n1C. The van der Waals surface area contributed by atoms with Gasteiger partial charge in [0, 0.05) is 25.9 Å². The molecule has 0 bridgehead atoms. The molecule has 0 saturated heterocycles. The lowest BCUT2D eigenvalue weighted by atomic mass is 10.1. The molecule has 0 radical (unpaired) electrons. The molecule has 0 amide bonds. The molecule has 0 fully saturated rings. The van der Waals surface area contributed by atoms with Crippen LogP contribution >= 0.6 is 0 Å². The van der Waals surface area contributed by atoms with Crippen molar-refractivity contribution < 1.29 is 0 Å². The van der Waals surface area contributed by atoms with Crippen LogP contribution in [0.25, 0.3) is 11.4 Å². The van der Waals surface area contributed by atoms with Crippen LogP contribution < -0.4 is 16.9 Å². The molecule has 7 heteroatoms. The fourth-order valence-corrected chi connectivity index (χ4v) is 1.98. The molecule has 0 saturated carbocycles. The maximum absolute atomic E-state index is 11.7. The molecule has 100 valence electrons. The normalized spacial score (nSPS) is 10.7. The average molecular weight is 262 g/mol. The minimum Gasteiger partial charge on any atom is -0.302 e. The maximum Gasteiger partial charge on any atom is 0.347 e. The van der Waals surface area contributed by atoms with Crippen LogP contribution in [0.5, 0.6) is 0 Å². The standard InChI is InChI=1S/C12H14N4O3/c1-6-5-15(3)11(18)13-8(6)9-7(2)10(17)14-12(19)16(9)4/h5H,1-4H3,(H,14,17,19). The largest absolute Gasteiger partial charge is 0.347 e. The number of aromatic nitrogens is 4. The first kappa shape index (κ1) is 13.0. The van der Waals surface area contributed by atoms with E-state index >= 15 is 0 Å². The number of nitrogens with one attached hydrogen (secondary N) is 1. The summed E-state index contributed by atoms with van der Waals surface area (Å²) in [6.45, 7) is 3.36. The molecule has 7 nitrogen and oxygen atoms in total. The lowest BCUT2D eigenvalue weighted by molar-refractivity contribution is 0.773. The Balaban J connectivity index is 2.95. The van der Waals surface area contributed by atoms with Crippen LogP contribution in [0.4, 0.5) is 0 Å². The van der Waals surface area contributed by atoms with Crippen molar-refractivity contribution >= 4 is 0 Å². The summed E-state index contributed by atoms with van der Waals surface area (Å²) in [5, 5.41) is 0. The zero-order valence-corrected chi connectivity index (χ0v) is 11.1. The molecule has 0 spiro atoms. The van der Waals surface area contributed by atoms with E-state index in [1.165, 1.54) is 16.2 Å². The fraction of sp³-hybridized carbons (Fsp3) is 0.333. The minimum absolute atomic E-state index is 0.353. The van der Waals surface area contributed by atoms with Gasteiger partial charge in [0.2, 0.25) is 0 Å². The van der Waals surface area contributed by atoms with E-state index in [0.29, 0.717) is 22.5 Å². The Morgan fingerprint density at radius 3 is 2.42 bits per heavy atom. The molecule has 0 aliphatic heterocycles. The van der Waals surface area contributed by atoms with Gasteiger partial charge in [-0.05, 0) is 19.4 Å². The summed E-state index contributed by atoms with van der Waals surface area (Å²) in [6.07, 6.45) is 1.62. The lowest BCUT2D eigenvalue weighted by Gasteiger charge is -2.12. The van der Waals surface area contributed by atoms with Gasteiger partial charge in [-0.15, -0.1) is 0 Å². The predicted molar refractivity (Wildman–Crippen MR) is 70.2 cm³/mol. The number of rotatable bonds is 1. The van der Waals surface area contributed by atoms with Crippen molar-refractivity contribution in [2.45, 2.75) is 13.8 Å². The highest BCUT2D eigenvalue weighted by Gasteiger charge is 2.15. The summed E-state index contributed by atoms with van der Waals surface area (Å²) in [6, 6.07) is 0. The maximum atomic E-state index is 11.7. The Labute approximate surface area is 108 Å². The van der Waals surface area contributed by atoms with Gasteiger partial charge in [0.1, 0.15) is 0 Å². The molecule has 0 aromatic carbocycles. The molecule has 0 atom stereocenters. The Morgan fingerprint density at radius 2 is 1.79 bits per heavy atom. The van der Waals surface area contributed by atoms with Gasteiger partial charge in [-0.2, -0.15) is 4.98 Å². The number of H-pyrrole nitrogens is 1. The van der Waals surface area contributed by atoms with E-state index in [1.807, 2.05) is 0 Å². The van der Waals surface area contributed by atoms with Crippen LogP contribution in [0.3, 0.4) is 0 Å². The smallest absolute Gasteiger partial charge is 0.302 e. The number of aryl methyl sites for hydroxylation is 2. The number of hydrogen-bond donors (Lipinski definition) is 1. The molecular weight excluding hydrogens is 248 g/mol. The van der Waals surface area contributed by atoms with E-state index < -0.39 is 16.9 Å². The highest BCUT2D eigenvalue weighted by molar-refractivity contribution is 5.61. The Morgan fingerprint density at radius 1 is 1.16 bits per heavy atom. The molecule has 0 aliphatic rings. The van der Waals surface area contributed by atoms with Gasteiger partial charge < -0.3 is 4.57 Å². The first-order chi connectivity index (χ1) is 8.82. The summed E-state index contributed by atoms with van der Waals surface area (Å²) < 4.78 is 2.63. The van der Waals surface area contributed by atoms with Crippen LogP contribution in [0.15, 0.2) is 20.6 Å². The highest BCUT2D eigenvalue weighted by Crippen LogP contribution is 2.18.